The first-order chi connectivity index (χ1) is 12.2. The van der Waals surface area contributed by atoms with Gasteiger partial charge in [0.15, 0.2) is 0 Å². The first-order valence-corrected chi connectivity index (χ1v) is 8.97. The number of carbonyl (C=O) groups excluding carboxylic acids is 2. The van der Waals surface area contributed by atoms with Crippen molar-refractivity contribution in [3.63, 3.8) is 0 Å². The molecule has 0 aliphatic rings. The highest BCUT2D eigenvalue weighted by Gasteiger charge is 2.19. The van der Waals surface area contributed by atoms with E-state index in [-0.39, 0.29) is 17.2 Å². The van der Waals surface area contributed by atoms with E-state index >= 15 is 0 Å². The Kier molecular flexibility index (Phi) is 6.19. The Morgan fingerprint density at radius 3 is 1.96 bits per heavy atom. The molecule has 2 rings (SSSR count). The largest absolute Gasteiger partial charge is 0.352 e. The summed E-state index contributed by atoms with van der Waals surface area (Å²) in [7, 11) is 0. The molecular weight excluding hydrogens is 324 g/mol. The molecule has 138 valence electrons. The average molecular weight is 352 g/mol. The zero-order valence-electron chi connectivity index (χ0n) is 16.2. The van der Waals surface area contributed by atoms with E-state index < -0.39 is 0 Å². The molecule has 4 nitrogen and oxygen atoms in total. The lowest BCUT2D eigenvalue weighted by Crippen LogP contribution is -2.27. The van der Waals surface area contributed by atoms with Gasteiger partial charge in [-0.25, -0.2) is 0 Å². The molecular formula is C22H28N2O2. The molecule has 0 aliphatic carbocycles. The summed E-state index contributed by atoms with van der Waals surface area (Å²) in [6, 6.07) is 14.5. The van der Waals surface area contributed by atoms with Gasteiger partial charge in [-0.1, -0.05) is 52.8 Å². The van der Waals surface area contributed by atoms with Crippen molar-refractivity contribution in [2.24, 2.45) is 5.92 Å². The van der Waals surface area contributed by atoms with Crippen LogP contribution in [-0.4, -0.2) is 18.4 Å². The monoisotopic (exact) mass is 352 g/mol. The molecule has 4 heteroatoms. The van der Waals surface area contributed by atoms with Gasteiger partial charge in [0.05, 0.1) is 0 Å². The van der Waals surface area contributed by atoms with E-state index in [1.54, 1.807) is 24.3 Å². The van der Waals surface area contributed by atoms with Gasteiger partial charge in [-0.05, 0) is 47.2 Å². The van der Waals surface area contributed by atoms with Crippen molar-refractivity contribution in [1.29, 1.82) is 0 Å². The van der Waals surface area contributed by atoms with Crippen molar-refractivity contribution in [2.75, 3.05) is 11.9 Å². The normalized spacial score (nSPS) is 11.3. The van der Waals surface area contributed by atoms with E-state index in [9.17, 15) is 9.59 Å². The number of rotatable bonds is 5. The Labute approximate surface area is 156 Å². The summed E-state index contributed by atoms with van der Waals surface area (Å²) in [6.45, 7) is 11.1. The summed E-state index contributed by atoms with van der Waals surface area (Å²) < 4.78 is 0. The summed E-state index contributed by atoms with van der Waals surface area (Å²) in [5.74, 6) is 0.0893. The third-order valence-electron chi connectivity index (χ3n) is 4.06. The van der Waals surface area contributed by atoms with Crippen molar-refractivity contribution >= 4 is 17.5 Å². The highest BCUT2D eigenvalue weighted by atomic mass is 16.2. The highest BCUT2D eigenvalue weighted by molar-refractivity contribution is 6.05. The first kappa shape index (κ1) is 19.7. The number of nitrogens with one attached hydrogen (secondary N) is 2. The lowest BCUT2D eigenvalue weighted by atomic mass is 9.86. The lowest BCUT2D eigenvalue weighted by Gasteiger charge is -2.23. The van der Waals surface area contributed by atoms with E-state index in [1.807, 2.05) is 38.1 Å². The van der Waals surface area contributed by atoms with Gasteiger partial charge in [0, 0.05) is 23.4 Å². The highest BCUT2D eigenvalue weighted by Crippen LogP contribution is 2.29. The quantitative estimate of drug-likeness (QED) is 0.825. The predicted molar refractivity (Wildman–Crippen MR) is 107 cm³/mol. The number of anilines is 1. The van der Waals surface area contributed by atoms with Gasteiger partial charge in [-0.2, -0.15) is 0 Å². The molecule has 0 heterocycles. The zero-order valence-corrected chi connectivity index (χ0v) is 16.2. The van der Waals surface area contributed by atoms with Crippen molar-refractivity contribution in [3.05, 3.63) is 65.2 Å². The molecule has 0 aromatic heterocycles. The average Bonchev–Trinajstić information content (AvgIpc) is 2.59. The predicted octanol–water partition coefficient (Wildman–Crippen LogP) is 4.62. The molecule has 0 saturated heterocycles. The smallest absolute Gasteiger partial charge is 0.255 e. The molecule has 0 unspecified atom stereocenters. The Balaban J connectivity index is 2.11. The Bertz CT molecular complexity index is 771. The van der Waals surface area contributed by atoms with Crippen LogP contribution in [0.25, 0.3) is 0 Å². The van der Waals surface area contributed by atoms with E-state index in [1.165, 1.54) is 0 Å². The van der Waals surface area contributed by atoms with Gasteiger partial charge in [-0.3, -0.25) is 9.59 Å². The minimum Gasteiger partial charge on any atom is -0.352 e. The van der Waals surface area contributed by atoms with Gasteiger partial charge < -0.3 is 10.6 Å². The Hall–Kier alpha value is -2.62. The number of benzene rings is 2. The van der Waals surface area contributed by atoms with Crippen molar-refractivity contribution in [3.8, 4) is 0 Å². The van der Waals surface area contributed by atoms with Crippen LogP contribution < -0.4 is 10.6 Å². The second-order valence-electron chi connectivity index (χ2n) is 7.93. The molecule has 0 saturated carbocycles. The van der Waals surface area contributed by atoms with Gasteiger partial charge in [0.2, 0.25) is 0 Å². The molecule has 0 spiro atoms. The topological polar surface area (TPSA) is 58.2 Å². The number of carbonyl (C=O) groups is 2. The number of amides is 2. The molecule has 2 aromatic carbocycles. The lowest BCUT2D eigenvalue weighted by molar-refractivity contribution is 0.0947. The zero-order chi connectivity index (χ0) is 19.3. The van der Waals surface area contributed by atoms with Crippen LogP contribution in [0.5, 0.6) is 0 Å². The second-order valence-corrected chi connectivity index (χ2v) is 7.93. The number of para-hydroxylation sites is 1. The van der Waals surface area contributed by atoms with Crippen LogP contribution in [0.4, 0.5) is 5.69 Å². The van der Waals surface area contributed by atoms with Gasteiger partial charge >= 0.3 is 0 Å². The number of hydrogen-bond donors (Lipinski definition) is 2. The third-order valence-corrected chi connectivity index (χ3v) is 4.06. The van der Waals surface area contributed by atoms with E-state index in [2.05, 4.69) is 31.4 Å². The fourth-order valence-electron chi connectivity index (χ4n) is 2.61. The van der Waals surface area contributed by atoms with Crippen LogP contribution in [0, 0.1) is 5.92 Å². The van der Waals surface area contributed by atoms with Crippen LogP contribution in [0.15, 0.2) is 48.5 Å². The van der Waals surface area contributed by atoms with Crippen LogP contribution in [0.2, 0.25) is 0 Å². The Morgan fingerprint density at radius 1 is 0.885 bits per heavy atom. The van der Waals surface area contributed by atoms with E-state index in [4.69, 9.17) is 0 Å². The van der Waals surface area contributed by atoms with Crippen LogP contribution in [-0.2, 0) is 5.41 Å². The van der Waals surface area contributed by atoms with Crippen LogP contribution in [0.3, 0.4) is 0 Å². The molecule has 0 fully saturated rings. The maximum atomic E-state index is 12.6. The summed E-state index contributed by atoms with van der Waals surface area (Å²) in [5.41, 5.74) is 2.90. The van der Waals surface area contributed by atoms with Crippen molar-refractivity contribution in [1.82, 2.24) is 5.32 Å². The second kappa shape index (κ2) is 8.17. The fraction of sp³-hybridized carbons (Fsp3) is 0.364. The minimum absolute atomic E-state index is 0.0672. The molecule has 0 bridgehead atoms. The summed E-state index contributed by atoms with van der Waals surface area (Å²) in [4.78, 5) is 24.6. The maximum Gasteiger partial charge on any atom is 0.255 e. The molecule has 2 amide bonds. The molecule has 0 aliphatic heterocycles. The maximum absolute atomic E-state index is 12.6. The molecule has 0 atom stereocenters. The summed E-state index contributed by atoms with van der Waals surface area (Å²) in [6.07, 6.45) is 0. The van der Waals surface area contributed by atoms with E-state index in [0.717, 1.165) is 11.3 Å². The van der Waals surface area contributed by atoms with Crippen molar-refractivity contribution < 1.29 is 9.59 Å². The first-order valence-electron chi connectivity index (χ1n) is 8.97. The van der Waals surface area contributed by atoms with Crippen molar-refractivity contribution in [2.45, 2.75) is 40.0 Å². The minimum atomic E-state index is -0.184. The Morgan fingerprint density at radius 2 is 1.42 bits per heavy atom. The molecule has 26 heavy (non-hydrogen) atoms. The van der Waals surface area contributed by atoms with E-state index in [0.29, 0.717) is 23.6 Å². The van der Waals surface area contributed by atoms with Crippen LogP contribution in [0.1, 0.15) is 60.9 Å². The summed E-state index contributed by atoms with van der Waals surface area (Å²) in [5, 5.41) is 5.85. The molecule has 2 N–H and O–H groups in total. The van der Waals surface area contributed by atoms with Gasteiger partial charge in [0.1, 0.15) is 0 Å². The molecule has 2 aromatic rings. The standard InChI is InChI=1S/C22H28N2O2/c1-15(2)14-23-20(25)16-10-12-17(13-11-16)21(26)24-19-9-7-6-8-18(19)22(3,4)5/h6-13,15H,14H2,1-5H3,(H,23,25)(H,24,26). The third kappa shape index (κ3) is 5.19. The van der Waals surface area contributed by atoms with Crippen LogP contribution >= 0.6 is 0 Å². The fourth-order valence-corrected chi connectivity index (χ4v) is 2.61. The van der Waals surface area contributed by atoms with Gasteiger partial charge in [-0.15, -0.1) is 0 Å². The SMILES string of the molecule is CC(C)CNC(=O)c1ccc(C(=O)Nc2ccccc2C(C)(C)C)cc1. The summed E-state index contributed by atoms with van der Waals surface area (Å²) >= 11 is 0. The number of hydrogen-bond acceptors (Lipinski definition) is 2. The van der Waals surface area contributed by atoms with Gasteiger partial charge in [0.25, 0.3) is 11.8 Å². The molecule has 0 radical (unpaired) electrons.